The number of halogens is 5. The highest BCUT2D eigenvalue weighted by atomic mass is 19.4. The van der Waals surface area contributed by atoms with Crippen molar-refractivity contribution in [2.24, 2.45) is 5.92 Å². The Hall–Kier alpha value is -3.17. The minimum Gasteiger partial charge on any atom is -0.481 e. The molecule has 174 valence electrons. The second kappa shape index (κ2) is 10.9. The number of carboxylic acids is 1. The zero-order chi connectivity index (χ0) is 23.9. The maximum atomic E-state index is 14.0. The Kier molecular flexibility index (Phi) is 8.56. The normalized spacial score (nSPS) is 18.2. The van der Waals surface area contributed by atoms with Crippen LogP contribution in [-0.2, 0) is 15.8 Å². The summed E-state index contributed by atoms with van der Waals surface area (Å²) in [5, 5.41) is 14.0. The predicted molar refractivity (Wildman–Crippen MR) is 109 cm³/mol. The van der Waals surface area contributed by atoms with E-state index in [0.29, 0.717) is 29.8 Å². The molecule has 1 fully saturated rings. The highest BCUT2D eigenvalue weighted by Crippen LogP contribution is 2.39. The summed E-state index contributed by atoms with van der Waals surface area (Å²) >= 11 is 0. The van der Waals surface area contributed by atoms with Crippen LogP contribution in [0.3, 0.4) is 0 Å². The molecule has 0 aliphatic heterocycles. The molecule has 3 rings (SSSR count). The van der Waals surface area contributed by atoms with Crippen molar-refractivity contribution in [2.75, 3.05) is 17.7 Å². The number of hydrogen-bond donors (Lipinski definition) is 3. The average molecular weight is 458 g/mol. The topological polar surface area (TPSA) is 78.4 Å². The lowest BCUT2D eigenvalue weighted by Gasteiger charge is -2.29. The van der Waals surface area contributed by atoms with Gasteiger partial charge in [-0.15, -0.1) is 0 Å². The van der Waals surface area contributed by atoms with Crippen molar-refractivity contribution in [2.45, 2.75) is 37.8 Å². The number of hydrogen-bond acceptors (Lipinski definition) is 3. The standard InChI is InChI=1S/C14H18FNO2.C8H5F4NO/c1-16-9-6-7-11(13(15)8-9)10-4-2-3-5-12(10)14(17)18;9-6-3-5(8(10,11)12)1-2-7(6)13-4-14/h6-8,10,12,16H,2-5H2,1H3,(H,17,18);1-4H,(H,13,14)/t10-,12?;/m0./s1. The maximum absolute atomic E-state index is 14.0. The van der Waals surface area contributed by atoms with Gasteiger partial charge < -0.3 is 15.7 Å². The Balaban J connectivity index is 0.000000235. The van der Waals surface area contributed by atoms with Gasteiger partial charge in [-0.25, -0.2) is 8.78 Å². The number of carbonyl (C=O) groups excluding carboxylic acids is 1. The molecule has 2 aromatic rings. The van der Waals surface area contributed by atoms with Gasteiger partial charge >= 0.3 is 12.1 Å². The third-order valence-corrected chi connectivity index (χ3v) is 5.28. The fraction of sp³-hybridized carbons (Fsp3) is 0.364. The highest BCUT2D eigenvalue weighted by Gasteiger charge is 2.33. The molecule has 10 heteroatoms. The molecule has 0 radical (unpaired) electrons. The first-order chi connectivity index (χ1) is 15.1. The van der Waals surface area contributed by atoms with Gasteiger partial charge in [-0.2, -0.15) is 13.2 Å². The molecule has 1 aliphatic rings. The van der Waals surface area contributed by atoms with Gasteiger partial charge in [0.05, 0.1) is 17.2 Å². The van der Waals surface area contributed by atoms with Crippen LogP contribution in [0.4, 0.5) is 33.3 Å². The quantitative estimate of drug-likeness (QED) is 0.400. The van der Waals surface area contributed by atoms with Crippen LogP contribution in [-0.4, -0.2) is 24.5 Å². The van der Waals surface area contributed by atoms with Gasteiger partial charge in [0.1, 0.15) is 11.6 Å². The number of aliphatic carboxylic acids is 1. The molecule has 0 spiro atoms. The van der Waals surface area contributed by atoms with Crippen molar-refractivity contribution in [3.63, 3.8) is 0 Å². The molecule has 1 unspecified atom stereocenters. The van der Waals surface area contributed by atoms with Gasteiger partial charge in [-0.1, -0.05) is 18.9 Å². The molecule has 1 amide bonds. The molecule has 1 saturated carbocycles. The molecule has 32 heavy (non-hydrogen) atoms. The fourth-order valence-electron chi connectivity index (χ4n) is 3.65. The van der Waals surface area contributed by atoms with Gasteiger partial charge in [-0.3, -0.25) is 9.59 Å². The lowest BCUT2D eigenvalue weighted by atomic mass is 9.75. The summed E-state index contributed by atoms with van der Waals surface area (Å²) in [5.74, 6) is -2.88. The van der Waals surface area contributed by atoms with Gasteiger partial charge in [0.2, 0.25) is 6.41 Å². The number of benzene rings is 2. The first kappa shape index (κ1) is 25.1. The first-order valence-corrected chi connectivity index (χ1v) is 9.85. The van der Waals surface area contributed by atoms with Crippen LogP contribution in [0.25, 0.3) is 0 Å². The third kappa shape index (κ3) is 6.41. The molecule has 0 aromatic heterocycles. The van der Waals surface area contributed by atoms with E-state index >= 15 is 0 Å². The Morgan fingerprint density at radius 3 is 2.28 bits per heavy atom. The molecular weight excluding hydrogens is 435 g/mol. The predicted octanol–water partition coefficient (Wildman–Crippen LogP) is 5.64. The van der Waals surface area contributed by atoms with E-state index in [1.54, 1.807) is 19.2 Å². The monoisotopic (exact) mass is 458 g/mol. The lowest BCUT2D eigenvalue weighted by Crippen LogP contribution is -2.26. The molecule has 2 atom stereocenters. The van der Waals surface area contributed by atoms with Gasteiger partial charge in [0.15, 0.2) is 0 Å². The van der Waals surface area contributed by atoms with Crippen LogP contribution < -0.4 is 10.6 Å². The van der Waals surface area contributed by atoms with Gasteiger partial charge in [-0.05, 0) is 48.7 Å². The molecule has 2 aromatic carbocycles. The van der Waals surface area contributed by atoms with Crippen LogP contribution >= 0.6 is 0 Å². The number of anilines is 2. The molecule has 0 bridgehead atoms. The average Bonchev–Trinajstić information content (AvgIpc) is 2.75. The molecule has 0 heterocycles. The van der Waals surface area contributed by atoms with E-state index in [-0.39, 0.29) is 23.8 Å². The molecule has 5 nitrogen and oxygen atoms in total. The summed E-state index contributed by atoms with van der Waals surface area (Å²) in [7, 11) is 1.73. The summed E-state index contributed by atoms with van der Waals surface area (Å²) in [6.07, 6.45) is -1.10. The van der Waals surface area contributed by atoms with Crippen molar-refractivity contribution in [1.29, 1.82) is 0 Å². The van der Waals surface area contributed by atoms with Crippen LogP contribution in [0, 0.1) is 17.6 Å². The number of nitrogens with one attached hydrogen (secondary N) is 2. The Labute approximate surface area is 181 Å². The Morgan fingerprint density at radius 2 is 1.75 bits per heavy atom. The van der Waals surface area contributed by atoms with Crippen molar-refractivity contribution < 1.29 is 36.6 Å². The Bertz CT molecular complexity index is 950. The van der Waals surface area contributed by atoms with Crippen LogP contribution in [0.2, 0.25) is 0 Å². The summed E-state index contributed by atoms with van der Waals surface area (Å²) in [4.78, 5) is 21.1. The molecule has 1 aliphatic carbocycles. The first-order valence-electron chi connectivity index (χ1n) is 9.85. The van der Waals surface area contributed by atoms with Crippen LogP contribution in [0.1, 0.15) is 42.7 Å². The largest absolute Gasteiger partial charge is 0.481 e. The zero-order valence-electron chi connectivity index (χ0n) is 17.2. The second-order valence-corrected chi connectivity index (χ2v) is 7.28. The summed E-state index contributed by atoms with van der Waals surface area (Å²) < 4.78 is 63.0. The summed E-state index contributed by atoms with van der Waals surface area (Å²) in [6.45, 7) is 0. The van der Waals surface area contributed by atoms with E-state index in [4.69, 9.17) is 0 Å². The van der Waals surface area contributed by atoms with Crippen molar-refractivity contribution >= 4 is 23.8 Å². The summed E-state index contributed by atoms with van der Waals surface area (Å²) in [6, 6.07) is 6.81. The van der Waals surface area contributed by atoms with Crippen LogP contribution in [0.5, 0.6) is 0 Å². The number of amides is 1. The van der Waals surface area contributed by atoms with E-state index in [1.807, 2.05) is 5.32 Å². The third-order valence-electron chi connectivity index (χ3n) is 5.28. The minimum atomic E-state index is -4.58. The number of carboxylic acid groups (broad SMARTS) is 1. The zero-order valence-corrected chi connectivity index (χ0v) is 17.2. The van der Waals surface area contributed by atoms with E-state index in [1.165, 1.54) is 6.07 Å². The second-order valence-electron chi connectivity index (χ2n) is 7.28. The smallest absolute Gasteiger partial charge is 0.416 e. The van der Waals surface area contributed by atoms with E-state index in [2.05, 4.69) is 5.32 Å². The molecule has 3 N–H and O–H groups in total. The maximum Gasteiger partial charge on any atom is 0.416 e. The summed E-state index contributed by atoms with van der Waals surface area (Å²) in [5.41, 5.74) is -0.125. The van der Waals surface area contributed by atoms with Crippen molar-refractivity contribution in [3.05, 3.63) is 59.2 Å². The van der Waals surface area contributed by atoms with E-state index < -0.39 is 29.4 Å². The lowest BCUT2D eigenvalue weighted by molar-refractivity contribution is -0.143. The van der Waals surface area contributed by atoms with Crippen molar-refractivity contribution in [3.8, 4) is 0 Å². The number of rotatable bonds is 5. The van der Waals surface area contributed by atoms with Crippen molar-refractivity contribution in [1.82, 2.24) is 0 Å². The Morgan fingerprint density at radius 1 is 1.06 bits per heavy atom. The van der Waals surface area contributed by atoms with E-state index in [0.717, 1.165) is 25.3 Å². The number of carbonyl (C=O) groups is 2. The molecular formula is C22H23F5N2O3. The van der Waals surface area contributed by atoms with Gasteiger partial charge in [0.25, 0.3) is 0 Å². The van der Waals surface area contributed by atoms with E-state index in [9.17, 15) is 36.6 Å². The highest BCUT2D eigenvalue weighted by molar-refractivity contribution is 5.72. The SMILES string of the molecule is CNc1ccc([C@@H]2CCCCC2C(=O)O)c(F)c1.O=CNc1ccc(C(F)(F)F)cc1F. The van der Waals surface area contributed by atoms with Gasteiger partial charge in [0, 0.05) is 18.7 Å². The number of alkyl halides is 3. The minimum absolute atomic E-state index is 0.186. The van der Waals surface area contributed by atoms with Crippen LogP contribution in [0.15, 0.2) is 36.4 Å². The molecule has 0 saturated heterocycles. The fourth-order valence-corrected chi connectivity index (χ4v) is 3.65.